The zero-order valence-corrected chi connectivity index (χ0v) is 9.84. The smallest absolute Gasteiger partial charge is 0.231 e. The maximum atomic E-state index is 11.9. The van der Waals surface area contributed by atoms with Gasteiger partial charge in [0.25, 0.3) is 0 Å². The van der Waals surface area contributed by atoms with Crippen molar-refractivity contribution in [3.8, 4) is 0 Å². The van der Waals surface area contributed by atoms with Gasteiger partial charge in [0.15, 0.2) is 0 Å². The Labute approximate surface area is 99.2 Å². The second kappa shape index (κ2) is 4.03. The molecule has 0 aliphatic heterocycles. The van der Waals surface area contributed by atoms with E-state index in [0.717, 1.165) is 12.8 Å². The third kappa shape index (κ3) is 2.03. The molecule has 86 valence electrons. The maximum Gasteiger partial charge on any atom is 0.231 e. The van der Waals surface area contributed by atoms with E-state index < -0.39 is 0 Å². The molecule has 16 heavy (non-hydrogen) atoms. The van der Waals surface area contributed by atoms with E-state index in [9.17, 15) is 4.79 Å². The van der Waals surface area contributed by atoms with Gasteiger partial charge < -0.3 is 11.1 Å². The first kappa shape index (κ1) is 11.4. The van der Waals surface area contributed by atoms with Crippen LogP contribution >= 0.6 is 11.6 Å². The SMILES string of the molecule is Cc1nc(Cl)ccc1NC(=O)C1(CN)CC1. The van der Waals surface area contributed by atoms with Crippen molar-refractivity contribution in [2.24, 2.45) is 11.1 Å². The van der Waals surface area contributed by atoms with E-state index in [0.29, 0.717) is 23.1 Å². The molecule has 4 nitrogen and oxygen atoms in total. The van der Waals surface area contributed by atoms with Crippen molar-refractivity contribution < 1.29 is 4.79 Å². The summed E-state index contributed by atoms with van der Waals surface area (Å²) < 4.78 is 0. The van der Waals surface area contributed by atoms with Crippen LogP contribution in [-0.4, -0.2) is 17.4 Å². The molecule has 1 amide bonds. The van der Waals surface area contributed by atoms with E-state index in [1.807, 2.05) is 6.92 Å². The van der Waals surface area contributed by atoms with Crippen molar-refractivity contribution >= 4 is 23.2 Å². The summed E-state index contributed by atoms with van der Waals surface area (Å²) in [4.78, 5) is 16.0. The van der Waals surface area contributed by atoms with E-state index in [-0.39, 0.29) is 11.3 Å². The molecule has 0 unspecified atom stereocenters. The lowest BCUT2D eigenvalue weighted by molar-refractivity contribution is -0.120. The highest BCUT2D eigenvalue weighted by atomic mass is 35.5. The molecule has 0 saturated heterocycles. The predicted molar refractivity (Wildman–Crippen MR) is 63.3 cm³/mol. The molecule has 0 radical (unpaired) electrons. The summed E-state index contributed by atoms with van der Waals surface area (Å²) in [7, 11) is 0. The Balaban J connectivity index is 2.12. The summed E-state index contributed by atoms with van der Waals surface area (Å²) in [5.41, 5.74) is 6.67. The molecule has 0 bridgehead atoms. The fourth-order valence-corrected chi connectivity index (χ4v) is 1.78. The zero-order valence-electron chi connectivity index (χ0n) is 9.09. The minimum absolute atomic E-state index is 0.0118. The van der Waals surface area contributed by atoms with Crippen LogP contribution in [0.3, 0.4) is 0 Å². The van der Waals surface area contributed by atoms with E-state index in [4.69, 9.17) is 17.3 Å². The van der Waals surface area contributed by atoms with E-state index in [2.05, 4.69) is 10.3 Å². The normalized spacial score (nSPS) is 16.9. The van der Waals surface area contributed by atoms with Crippen LogP contribution in [0.25, 0.3) is 0 Å². The molecule has 1 aromatic heterocycles. The first-order chi connectivity index (χ1) is 7.57. The number of nitrogens with zero attached hydrogens (tertiary/aromatic N) is 1. The quantitative estimate of drug-likeness (QED) is 0.790. The topological polar surface area (TPSA) is 68.0 Å². The van der Waals surface area contributed by atoms with Gasteiger partial charge in [0.05, 0.1) is 16.8 Å². The largest absolute Gasteiger partial charge is 0.329 e. The number of aryl methyl sites for hydroxylation is 1. The number of nitrogens with one attached hydrogen (secondary N) is 1. The Morgan fingerprint density at radius 2 is 2.31 bits per heavy atom. The minimum atomic E-state index is -0.341. The molecule has 2 rings (SSSR count). The van der Waals surface area contributed by atoms with Gasteiger partial charge >= 0.3 is 0 Å². The van der Waals surface area contributed by atoms with Gasteiger partial charge in [0.1, 0.15) is 5.15 Å². The Hall–Kier alpha value is -1.13. The summed E-state index contributed by atoms with van der Waals surface area (Å²) in [6.07, 6.45) is 1.74. The van der Waals surface area contributed by atoms with Gasteiger partial charge in [-0.15, -0.1) is 0 Å². The van der Waals surface area contributed by atoms with Crippen molar-refractivity contribution in [3.05, 3.63) is 23.0 Å². The van der Waals surface area contributed by atoms with Gasteiger partial charge in [-0.05, 0) is 31.9 Å². The lowest BCUT2D eigenvalue weighted by atomic mass is 10.1. The highest BCUT2D eigenvalue weighted by molar-refractivity contribution is 6.29. The second-order valence-corrected chi connectivity index (χ2v) is 4.59. The fourth-order valence-electron chi connectivity index (χ4n) is 1.59. The molecule has 1 aliphatic carbocycles. The lowest BCUT2D eigenvalue weighted by Gasteiger charge is -2.13. The Morgan fingerprint density at radius 3 is 2.81 bits per heavy atom. The highest BCUT2D eigenvalue weighted by Crippen LogP contribution is 2.45. The monoisotopic (exact) mass is 239 g/mol. The van der Waals surface area contributed by atoms with Crippen molar-refractivity contribution in [1.29, 1.82) is 0 Å². The van der Waals surface area contributed by atoms with E-state index >= 15 is 0 Å². The molecular formula is C11H14ClN3O. The van der Waals surface area contributed by atoms with Gasteiger partial charge in [0.2, 0.25) is 5.91 Å². The number of anilines is 1. The number of rotatable bonds is 3. The number of hydrogen-bond donors (Lipinski definition) is 2. The Kier molecular flexibility index (Phi) is 2.86. The van der Waals surface area contributed by atoms with Crippen LogP contribution in [0.2, 0.25) is 5.15 Å². The number of hydrogen-bond acceptors (Lipinski definition) is 3. The number of carbonyl (C=O) groups excluding carboxylic acids is 1. The van der Waals surface area contributed by atoms with Crippen LogP contribution in [0.1, 0.15) is 18.5 Å². The molecule has 0 aromatic carbocycles. The summed E-state index contributed by atoms with van der Waals surface area (Å²) in [6.45, 7) is 2.21. The third-order valence-electron chi connectivity index (χ3n) is 3.03. The Morgan fingerprint density at radius 1 is 1.62 bits per heavy atom. The number of carbonyl (C=O) groups is 1. The van der Waals surface area contributed by atoms with Crippen LogP contribution in [-0.2, 0) is 4.79 Å². The first-order valence-corrected chi connectivity index (χ1v) is 5.60. The second-order valence-electron chi connectivity index (χ2n) is 4.21. The van der Waals surface area contributed by atoms with Crippen molar-refractivity contribution in [2.75, 3.05) is 11.9 Å². The van der Waals surface area contributed by atoms with Gasteiger partial charge in [-0.1, -0.05) is 11.6 Å². The summed E-state index contributed by atoms with van der Waals surface area (Å²) in [5.74, 6) is -0.0118. The number of halogens is 1. The van der Waals surface area contributed by atoms with E-state index in [1.165, 1.54) is 0 Å². The first-order valence-electron chi connectivity index (χ1n) is 5.22. The molecule has 3 N–H and O–H groups in total. The van der Waals surface area contributed by atoms with Gasteiger partial charge in [-0.3, -0.25) is 4.79 Å². The molecule has 1 heterocycles. The molecule has 1 saturated carbocycles. The average molecular weight is 240 g/mol. The van der Waals surface area contributed by atoms with Crippen LogP contribution < -0.4 is 11.1 Å². The van der Waals surface area contributed by atoms with Gasteiger partial charge in [-0.25, -0.2) is 4.98 Å². The van der Waals surface area contributed by atoms with Crippen molar-refractivity contribution in [3.63, 3.8) is 0 Å². The molecule has 1 fully saturated rings. The molecule has 5 heteroatoms. The van der Waals surface area contributed by atoms with Gasteiger partial charge in [0, 0.05) is 6.54 Å². The minimum Gasteiger partial charge on any atom is -0.329 e. The number of aromatic nitrogens is 1. The number of pyridine rings is 1. The van der Waals surface area contributed by atoms with Crippen LogP contribution in [0.4, 0.5) is 5.69 Å². The molecule has 0 atom stereocenters. The van der Waals surface area contributed by atoms with E-state index in [1.54, 1.807) is 12.1 Å². The molecule has 1 aliphatic rings. The Bertz CT molecular complexity index is 429. The van der Waals surface area contributed by atoms with Crippen LogP contribution in [0.5, 0.6) is 0 Å². The molecule has 0 spiro atoms. The zero-order chi connectivity index (χ0) is 11.8. The number of nitrogens with two attached hydrogens (primary N) is 1. The number of amides is 1. The standard InChI is InChI=1S/C11H14ClN3O/c1-7-8(2-3-9(12)14-7)15-10(16)11(6-13)4-5-11/h2-3H,4-6,13H2,1H3,(H,15,16). The summed E-state index contributed by atoms with van der Waals surface area (Å²) in [5, 5.41) is 3.28. The van der Waals surface area contributed by atoms with Crippen molar-refractivity contribution in [1.82, 2.24) is 4.98 Å². The summed E-state index contributed by atoms with van der Waals surface area (Å²) in [6, 6.07) is 3.42. The van der Waals surface area contributed by atoms with Crippen LogP contribution in [0, 0.1) is 12.3 Å². The highest BCUT2D eigenvalue weighted by Gasteiger charge is 2.48. The fraction of sp³-hybridized carbons (Fsp3) is 0.455. The molecular weight excluding hydrogens is 226 g/mol. The summed E-state index contributed by atoms with van der Waals surface area (Å²) >= 11 is 5.74. The van der Waals surface area contributed by atoms with Crippen molar-refractivity contribution in [2.45, 2.75) is 19.8 Å². The van der Waals surface area contributed by atoms with Crippen LogP contribution in [0.15, 0.2) is 12.1 Å². The average Bonchev–Trinajstić information content (AvgIpc) is 3.03. The third-order valence-corrected chi connectivity index (χ3v) is 3.24. The van der Waals surface area contributed by atoms with Gasteiger partial charge in [-0.2, -0.15) is 0 Å². The lowest BCUT2D eigenvalue weighted by Crippen LogP contribution is -2.31. The maximum absolute atomic E-state index is 11.9. The predicted octanol–water partition coefficient (Wildman–Crippen LogP) is 1.72. The molecule has 1 aromatic rings.